The van der Waals surface area contributed by atoms with Crippen molar-refractivity contribution in [1.29, 1.82) is 0 Å². The molecule has 0 amide bonds. The van der Waals surface area contributed by atoms with Gasteiger partial charge in [-0.1, -0.05) is 29.8 Å². The highest BCUT2D eigenvalue weighted by molar-refractivity contribution is 6.30. The first-order chi connectivity index (χ1) is 8.75. The Morgan fingerprint density at radius 2 is 2.17 bits per heavy atom. The van der Waals surface area contributed by atoms with E-state index in [1.165, 1.54) is 5.56 Å². The third-order valence-electron chi connectivity index (χ3n) is 3.11. The summed E-state index contributed by atoms with van der Waals surface area (Å²) >= 11 is 5.99. The second kappa shape index (κ2) is 4.50. The van der Waals surface area contributed by atoms with Crippen LogP contribution in [0.3, 0.4) is 0 Å². The third-order valence-corrected chi connectivity index (χ3v) is 3.32. The number of hydrogen-bond acceptors (Lipinski definition) is 3. The number of nitrogen functional groups attached to an aromatic ring is 1. The topological polar surface area (TPSA) is 48.1 Å². The number of para-hydroxylation sites is 1. The average Bonchev–Trinajstić information content (AvgIpc) is 2.41. The number of anilines is 1. The Morgan fingerprint density at radius 1 is 1.28 bits per heavy atom. The van der Waals surface area contributed by atoms with Gasteiger partial charge in [-0.15, -0.1) is 0 Å². The molecule has 1 aliphatic rings. The number of benzene rings is 1. The fourth-order valence-corrected chi connectivity index (χ4v) is 2.42. The molecule has 0 saturated carbocycles. The zero-order chi connectivity index (χ0) is 12.5. The van der Waals surface area contributed by atoms with Crippen molar-refractivity contribution in [2.24, 2.45) is 0 Å². The number of ether oxygens (including phenoxy) is 1. The zero-order valence-corrected chi connectivity index (χ0v) is 10.6. The van der Waals surface area contributed by atoms with Gasteiger partial charge >= 0.3 is 0 Å². The molecule has 92 valence electrons. The highest BCUT2D eigenvalue weighted by Gasteiger charge is 2.17. The summed E-state index contributed by atoms with van der Waals surface area (Å²) in [7, 11) is 0. The lowest BCUT2D eigenvalue weighted by atomic mass is 9.98. The number of nitrogens with two attached hydrogens (primary N) is 1. The first-order valence-electron chi connectivity index (χ1n) is 5.92. The Morgan fingerprint density at radius 3 is 3.06 bits per heavy atom. The van der Waals surface area contributed by atoms with E-state index >= 15 is 0 Å². The second-order valence-electron chi connectivity index (χ2n) is 4.33. The molecule has 0 aliphatic carbocycles. The van der Waals surface area contributed by atoms with Gasteiger partial charge in [0, 0.05) is 17.3 Å². The lowest BCUT2D eigenvalue weighted by molar-refractivity contribution is 0.289. The van der Waals surface area contributed by atoms with E-state index in [0.29, 0.717) is 10.8 Å². The molecule has 0 atom stereocenters. The van der Waals surface area contributed by atoms with E-state index in [4.69, 9.17) is 22.1 Å². The molecule has 3 rings (SSSR count). The van der Waals surface area contributed by atoms with E-state index in [1.54, 1.807) is 6.20 Å². The number of halogens is 1. The summed E-state index contributed by atoms with van der Waals surface area (Å²) in [5, 5.41) is 0.576. The highest BCUT2D eigenvalue weighted by atomic mass is 35.5. The maximum Gasteiger partial charge on any atom is 0.131 e. The summed E-state index contributed by atoms with van der Waals surface area (Å²) in [4.78, 5) is 4.09. The molecule has 0 radical (unpaired) electrons. The summed E-state index contributed by atoms with van der Waals surface area (Å²) in [6, 6.07) is 7.93. The van der Waals surface area contributed by atoms with Crippen LogP contribution in [0.5, 0.6) is 5.75 Å². The van der Waals surface area contributed by atoms with Crippen molar-refractivity contribution in [2.75, 3.05) is 12.3 Å². The number of aryl methyl sites for hydroxylation is 1. The number of rotatable bonds is 1. The van der Waals surface area contributed by atoms with E-state index in [-0.39, 0.29) is 0 Å². The van der Waals surface area contributed by atoms with Crippen molar-refractivity contribution in [1.82, 2.24) is 4.98 Å². The number of pyridine rings is 1. The molecular weight excluding hydrogens is 248 g/mol. The maximum absolute atomic E-state index is 5.99. The Balaban J connectivity index is 2.19. The smallest absolute Gasteiger partial charge is 0.131 e. The Bertz CT molecular complexity index is 598. The van der Waals surface area contributed by atoms with Crippen LogP contribution in [0, 0.1) is 0 Å². The molecule has 0 fully saturated rings. The minimum Gasteiger partial charge on any atom is -0.493 e. The summed E-state index contributed by atoms with van der Waals surface area (Å²) in [6.07, 6.45) is 3.65. The molecule has 2 aromatic rings. The van der Waals surface area contributed by atoms with Crippen molar-refractivity contribution in [2.45, 2.75) is 12.8 Å². The normalized spacial score (nSPS) is 13.8. The molecule has 1 aromatic heterocycles. The van der Waals surface area contributed by atoms with Gasteiger partial charge in [0.25, 0.3) is 0 Å². The van der Waals surface area contributed by atoms with Crippen LogP contribution in [0.1, 0.15) is 12.0 Å². The number of hydrogen-bond donors (Lipinski definition) is 1. The number of nitrogens with zero attached hydrogens (tertiary/aromatic N) is 1. The van der Waals surface area contributed by atoms with E-state index in [9.17, 15) is 0 Å². The first kappa shape index (κ1) is 11.4. The minimum absolute atomic E-state index is 0.474. The SMILES string of the molecule is Nc1ncc(Cl)cc1-c1cccc2c1OCCC2. The van der Waals surface area contributed by atoms with Gasteiger partial charge in [-0.05, 0) is 24.5 Å². The molecule has 2 heterocycles. The Hall–Kier alpha value is -1.74. The monoisotopic (exact) mass is 260 g/mol. The molecule has 0 saturated heterocycles. The van der Waals surface area contributed by atoms with Crippen molar-refractivity contribution >= 4 is 17.4 Å². The molecule has 2 N–H and O–H groups in total. The predicted octanol–water partition coefficient (Wildman–Crippen LogP) is 3.31. The highest BCUT2D eigenvalue weighted by Crippen LogP contribution is 2.38. The van der Waals surface area contributed by atoms with Gasteiger partial charge in [0.05, 0.1) is 11.6 Å². The van der Waals surface area contributed by atoms with Gasteiger partial charge in [-0.2, -0.15) is 0 Å². The van der Waals surface area contributed by atoms with Crippen molar-refractivity contribution in [3.8, 4) is 16.9 Å². The lowest BCUT2D eigenvalue weighted by Gasteiger charge is -2.20. The summed E-state index contributed by atoms with van der Waals surface area (Å²) in [6.45, 7) is 0.748. The standard InChI is InChI=1S/C14H13ClN2O/c15-10-7-12(14(16)17-8-10)11-5-1-3-9-4-2-6-18-13(9)11/h1,3,5,7-8H,2,4,6H2,(H2,16,17). The van der Waals surface area contributed by atoms with Crippen LogP contribution in [0.15, 0.2) is 30.5 Å². The summed E-state index contributed by atoms with van der Waals surface area (Å²) < 4.78 is 5.78. The molecule has 18 heavy (non-hydrogen) atoms. The molecule has 1 aromatic carbocycles. The van der Waals surface area contributed by atoms with Gasteiger partial charge in [-0.25, -0.2) is 4.98 Å². The lowest BCUT2D eigenvalue weighted by Crippen LogP contribution is -2.09. The number of fused-ring (bicyclic) bond motifs is 1. The fourth-order valence-electron chi connectivity index (χ4n) is 2.27. The van der Waals surface area contributed by atoms with Gasteiger partial charge in [0.15, 0.2) is 0 Å². The predicted molar refractivity (Wildman–Crippen MR) is 72.9 cm³/mol. The molecule has 3 nitrogen and oxygen atoms in total. The molecule has 1 aliphatic heterocycles. The Kier molecular flexibility index (Phi) is 2.84. The van der Waals surface area contributed by atoms with Gasteiger partial charge in [0.1, 0.15) is 11.6 Å². The first-order valence-corrected chi connectivity index (χ1v) is 6.29. The molecule has 0 unspecified atom stereocenters. The maximum atomic E-state index is 5.99. The second-order valence-corrected chi connectivity index (χ2v) is 4.77. The van der Waals surface area contributed by atoms with E-state index in [0.717, 1.165) is 36.3 Å². The van der Waals surface area contributed by atoms with E-state index in [2.05, 4.69) is 11.1 Å². The van der Waals surface area contributed by atoms with Crippen LogP contribution >= 0.6 is 11.6 Å². The summed E-state index contributed by atoms with van der Waals surface area (Å²) in [5.74, 6) is 1.39. The van der Waals surface area contributed by atoms with Crippen molar-refractivity contribution in [3.05, 3.63) is 41.0 Å². The van der Waals surface area contributed by atoms with Crippen LogP contribution in [-0.2, 0) is 6.42 Å². The van der Waals surface area contributed by atoms with Gasteiger partial charge < -0.3 is 10.5 Å². The molecule has 0 bridgehead atoms. The molecule has 0 spiro atoms. The van der Waals surface area contributed by atoms with Crippen LogP contribution in [-0.4, -0.2) is 11.6 Å². The van der Waals surface area contributed by atoms with Crippen LogP contribution < -0.4 is 10.5 Å². The van der Waals surface area contributed by atoms with Gasteiger partial charge in [0.2, 0.25) is 0 Å². The quantitative estimate of drug-likeness (QED) is 0.856. The van der Waals surface area contributed by atoms with Gasteiger partial charge in [-0.3, -0.25) is 0 Å². The van der Waals surface area contributed by atoms with Crippen molar-refractivity contribution in [3.63, 3.8) is 0 Å². The molecule has 4 heteroatoms. The largest absolute Gasteiger partial charge is 0.493 e. The van der Waals surface area contributed by atoms with Crippen LogP contribution in [0.2, 0.25) is 5.02 Å². The van der Waals surface area contributed by atoms with E-state index < -0.39 is 0 Å². The van der Waals surface area contributed by atoms with E-state index in [1.807, 2.05) is 18.2 Å². The van der Waals surface area contributed by atoms with Crippen LogP contribution in [0.25, 0.3) is 11.1 Å². The van der Waals surface area contributed by atoms with Crippen LogP contribution in [0.4, 0.5) is 5.82 Å². The number of aromatic nitrogens is 1. The molecular formula is C14H13ClN2O. The van der Waals surface area contributed by atoms with Crippen molar-refractivity contribution < 1.29 is 4.74 Å². The summed E-state index contributed by atoms with van der Waals surface area (Å²) in [5.41, 5.74) is 8.96. The minimum atomic E-state index is 0.474. The fraction of sp³-hybridized carbons (Fsp3) is 0.214. The third kappa shape index (κ3) is 1.91. The average molecular weight is 261 g/mol. The Labute approximate surface area is 111 Å². The zero-order valence-electron chi connectivity index (χ0n) is 9.82.